The maximum Gasteiger partial charge on any atom is 0.357 e. The van der Waals surface area contributed by atoms with E-state index in [0.29, 0.717) is 5.92 Å². The maximum atomic E-state index is 14.9. The smallest absolute Gasteiger partial charge is 0.345 e. The highest BCUT2D eigenvalue weighted by Crippen LogP contribution is 2.60. The second-order valence-electron chi connectivity index (χ2n) is 12.1. The molecule has 1 amide bonds. The minimum Gasteiger partial charge on any atom is -0.345 e. The van der Waals surface area contributed by atoms with E-state index in [2.05, 4.69) is 49.6 Å². The molecular formula is C32H44FN2O4PS. The minimum absolute atomic E-state index is 0.0332. The zero-order valence-corrected chi connectivity index (χ0v) is 26.8. The van der Waals surface area contributed by atoms with Gasteiger partial charge in [-0.3, -0.25) is 9.36 Å². The molecule has 0 saturated heterocycles. The number of benzene rings is 2. The Kier molecular flexibility index (Phi) is 9.80. The van der Waals surface area contributed by atoms with Crippen molar-refractivity contribution in [3.8, 4) is 0 Å². The average Bonchev–Trinajstić information content (AvgIpc) is 2.92. The Hall–Kier alpha value is -2.12. The van der Waals surface area contributed by atoms with E-state index in [1.165, 1.54) is 28.8 Å². The lowest BCUT2D eigenvalue weighted by molar-refractivity contribution is -0.137. The fraction of sp³-hybridized carbons (Fsp3) is 0.562. The first-order valence-electron chi connectivity index (χ1n) is 14.8. The number of carbonyl (C=O) groups is 1. The summed E-state index contributed by atoms with van der Waals surface area (Å²) < 4.78 is 39.9. The van der Waals surface area contributed by atoms with Gasteiger partial charge >= 0.3 is 7.60 Å². The van der Waals surface area contributed by atoms with Gasteiger partial charge in [0.15, 0.2) is 10.9 Å². The van der Waals surface area contributed by atoms with Gasteiger partial charge in [0.05, 0.1) is 18.6 Å². The molecule has 6 nitrogen and oxygen atoms in total. The number of fused-ring (bicyclic) bond motifs is 3. The summed E-state index contributed by atoms with van der Waals surface area (Å²) >= 11 is 5.58. The molecule has 0 spiro atoms. The third-order valence-electron chi connectivity index (χ3n) is 9.19. The van der Waals surface area contributed by atoms with E-state index in [4.69, 9.17) is 21.3 Å². The molecular weight excluding hydrogens is 558 g/mol. The molecule has 9 heteroatoms. The molecule has 0 aliphatic heterocycles. The summed E-state index contributed by atoms with van der Waals surface area (Å²) in [6.07, 6.45) is 4.54. The zero-order valence-electron chi connectivity index (χ0n) is 25.1. The largest absolute Gasteiger partial charge is 0.357 e. The molecule has 0 heterocycles. The monoisotopic (exact) mass is 602 g/mol. The summed E-state index contributed by atoms with van der Waals surface area (Å²) in [5.41, 5.74) is 3.40. The van der Waals surface area contributed by atoms with Gasteiger partial charge in [0.25, 0.3) is 0 Å². The fourth-order valence-electron chi connectivity index (χ4n) is 7.12. The van der Waals surface area contributed by atoms with Crippen molar-refractivity contribution >= 4 is 30.8 Å². The lowest BCUT2D eigenvalue weighted by Gasteiger charge is -2.54. The van der Waals surface area contributed by atoms with Gasteiger partial charge in [0, 0.05) is 5.56 Å². The molecule has 4 atom stereocenters. The van der Waals surface area contributed by atoms with Crippen LogP contribution in [-0.4, -0.2) is 24.2 Å². The predicted molar refractivity (Wildman–Crippen MR) is 166 cm³/mol. The van der Waals surface area contributed by atoms with Crippen LogP contribution in [0, 0.1) is 17.2 Å². The van der Waals surface area contributed by atoms with Crippen molar-refractivity contribution in [2.24, 2.45) is 11.3 Å². The summed E-state index contributed by atoms with van der Waals surface area (Å²) in [4.78, 5) is 14.0. The lowest BCUT2D eigenvalue weighted by atomic mass is 9.49. The third kappa shape index (κ3) is 6.17. The van der Waals surface area contributed by atoms with Crippen LogP contribution < -0.4 is 10.6 Å². The Morgan fingerprint density at radius 2 is 1.80 bits per heavy atom. The molecule has 2 N–H and O–H groups in total. The van der Waals surface area contributed by atoms with Crippen LogP contribution in [0.4, 0.5) is 4.39 Å². The van der Waals surface area contributed by atoms with Crippen LogP contribution in [0.15, 0.2) is 42.5 Å². The van der Waals surface area contributed by atoms with Gasteiger partial charge in [0.2, 0.25) is 5.91 Å². The second-order valence-corrected chi connectivity index (χ2v) is 14.6. The van der Waals surface area contributed by atoms with Gasteiger partial charge in [-0.1, -0.05) is 70.5 Å². The summed E-state index contributed by atoms with van der Waals surface area (Å²) in [5, 5.41) is 5.79. The van der Waals surface area contributed by atoms with Crippen molar-refractivity contribution in [1.82, 2.24) is 10.6 Å². The summed E-state index contributed by atoms with van der Waals surface area (Å²) in [7, 11) is -3.90. The lowest BCUT2D eigenvalue weighted by Crippen LogP contribution is -2.57. The van der Waals surface area contributed by atoms with Crippen LogP contribution in [0.1, 0.15) is 101 Å². The van der Waals surface area contributed by atoms with Crippen molar-refractivity contribution in [3.05, 3.63) is 70.5 Å². The van der Waals surface area contributed by atoms with E-state index in [-0.39, 0.29) is 41.1 Å². The Balaban J connectivity index is 1.59. The molecule has 1 saturated carbocycles. The van der Waals surface area contributed by atoms with E-state index in [1.54, 1.807) is 26.0 Å². The first-order chi connectivity index (χ1) is 19.4. The molecule has 2 aromatic carbocycles. The predicted octanol–water partition coefficient (Wildman–Crippen LogP) is 7.92. The molecule has 0 bridgehead atoms. The van der Waals surface area contributed by atoms with Crippen molar-refractivity contribution in [2.75, 3.05) is 13.2 Å². The molecule has 0 radical (unpaired) electrons. The summed E-state index contributed by atoms with van der Waals surface area (Å²) in [6, 6.07) is 12.9. The van der Waals surface area contributed by atoms with Crippen LogP contribution in [0.2, 0.25) is 0 Å². The number of carbonyl (C=O) groups excluding carboxylic acids is 1. The highest BCUT2D eigenvalue weighted by atomic mass is 32.1. The summed E-state index contributed by atoms with van der Waals surface area (Å²) in [5.74, 6) is -1.38. The fourth-order valence-corrected chi connectivity index (χ4v) is 9.35. The van der Waals surface area contributed by atoms with E-state index in [1.807, 2.05) is 6.92 Å². The number of nitrogens with one attached hydrogen (secondary N) is 2. The SMILES string of the molecule is CCOP(=O)(OCC)C(NC(=S)NC(=O)[C@]1(C)CCC[C@]2(C)c3ccc(C(C)C)cc3CC[C@@H]12)c1ccccc1F. The molecule has 2 aromatic rings. The zero-order chi connectivity index (χ0) is 30.0. The van der Waals surface area contributed by atoms with Crippen LogP contribution in [-0.2, 0) is 30.2 Å². The van der Waals surface area contributed by atoms with E-state index in [9.17, 15) is 13.8 Å². The van der Waals surface area contributed by atoms with Crippen LogP contribution in [0.3, 0.4) is 0 Å². The van der Waals surface area contributed by atoms with Crippen molar-refractivity contribution < 1.29 is 22.8 Å². The topological polar surface area (TPSA) is 76.7 Å². The number of halogens is 1. The average molecular weight is 603 g/mol. The Labute approximate surface area is 249 Å². The second kappa shape index (κ2) is 12.6. The molecule has 41 heavy (non-hydrogen) atoms. The van der Waals surface area contributed by atoms with Gasteiger partial charge in [-0.05, 0) is 91.8 Å². The van der Waals surface area contributed by atoms with E-state index >= 15 is 0 Å². The number of hydrogen-bond acceptors (Lipinski definition) is 5. The van der Waals surface area contributed by atoms with E-state index in [0.717, 1.165) is 32.1 Å². The summed E-state index contributed by atoms with van der Waals surface area (Å²) in [6.45, 7) is 12.4. The number of hydrogen-bond donors (Lipinski definition) is 2. The van der Waals surface area contributed by atoms with Crippen molar-refractivity contribution in [1.29, 1.82) is 0 Å². The van der Waals surface area contributed by atoms with E-state index < -0.39 is 24.6 Å². The van der Waals surface area contributed by atoms with Gasteiger partial charge < -0.3 is 19.7 Å². The molecule has 4 rings (SSSR count). The van der Waals surface area contributed by atoms with Crippen LogP contribution in [0.25, 0.3) is 0 Å². The number of amides is 1. The quantitative estimate of drug-likeness (QED) is 0.224. The first kappa shape index (κ1) is 31.8. The van der Waals surface area contributed by atoms with Crippen LogP contribution in [0.5, 0.6) is 0 Å². The van der Waals surface area contributed by atoms with Gasteiger partial charge in [0.1, 0.15) is 5.82 Å². The number of thiocarbonyl (C=S) groups is 1. The van der Waals surface area contributed by atoms with Crippen molar-refractivity contribution in [3.63, 3.8) is 0 Å². The maximum absolute atomic E-state index is 14.9. The minimum atomic E-state index is -3.90. The highest BCUT2D eigenvalue weighted by molar-refractivity contribution is 7.80. The molecule has 1 unspecified atom stereocenters. The van der Waals surface area contributed by atoms with Gasteiger partial charge in [-0.25, -0.2) is 4.39 Å². The molecule has 1 fully saturated rings. The first-order valence-corrected chi connectivity index (χ1v) is 16.8. The molecule has 0 aromatic heterocycles. The van der Waals surface area contributed by atoms with Gasteiger partial charge in [-0.2, -0.15) is 0 Å². The molecule has 2 aliphatic rings. The highest BCUT2D eigenvalue weighted by Gasteiger charge is 2.55. The van der Waals surface area contributed by atoms with Gasteiger partial charge in [-0.15, -0.1) is 0 Å². The Morgan fingerprint density at radius 1 is 1.12 bits per heavy atom. The Morgan fingerprint density at radius 3 is 2.44 bits per heavy atom. The normalized spacial score (nSPS) is 24.7. The van der Waals surface area contributed by atoms with Crippen LogP contribution >= 0.6 is 19.8 Å². The van der Waals surface area contributed by atoms with Crippen molar-refractivity contribution in [2.45, 2.75) is 90.8 Å². The molecule has 2 aliphatic carbocycles. The Bertz CT molecular complexity index is 1330. The molecule has 224 valence electrons. The third-order valence-corrected chi connectivity index (χ3v) is 11.7. The number of aryl methyl sites for hydroxylation is 1. The standard InChI is InChI=1S/C32H44FN2O4PS/c1-7-38-40(37,39-8-2)28(24-12-9-10-13-26(24)33)34-30(41)35-29(36)32(6)19-11-18-31(5)25-16-14-22(21(3)4)20-23(25)15-17-27(31)32/h9-10,12-14,16,20-21,27-28H,7-8,11,15,17-19H2,1-6H3,(H2,34,35,36,41)/t27-,28?,31-,32-/m1/s1. The number of rotatable bonds is 9.